The molecule has 1 aliphatic heterocycles. The van der Waals surface area contributed by atoms with E-state index in [2.05, 4.69) is 10.3 Å². The van der Waals surface area contributed by atoms with Crippen LogP contribution in [0.15, 0.2) is 23.0 Å². The number of pyridine rings is 1. The number of hydrogen-bond acceptors (Lipinski definition) is 10. The molecule has 1 amide bonds. The highest BCUT2D eigenvalue weighted by molar-refractivity contribution is 6.33. The molecule has 2 aromatic rings. The number of nitrogens with one attached hydrogen (secondary N) is 2. The van der Waals surface area contributed by atoms with Crippen molar-refractivity contribution >= 4 is 29.3 Å². The summed E-state index contributed by atoms with van der Waals surface area (Å²) in [5, 5.41) is 2.86. The predicted molar refractivity (Wildman–Crippen MR) is 140 cm³/mol. The molecule has 1 aromatic carbocycles. The number of nitrogens with two attached hydrogens (primary N) is 1. The van der Waals surface area contributed by atoms with Gasteiger partial charge in [-0.15, -0.1) is 0 Å². The number of benzene rings is 1. The monoisotopic (exact) mass is 552 g/mol. The van der Waals surface area contributed by atoms with E-state index in [0.29, 0.717) is 42.3 Å². The second kappa shape index (κ2) is 13.4. The summed E-state index contributed by atoms with van der Waals surface area (Å²) in [5.41, 5.74) is 5.46. The van der Waals surface area contributed by atoms with Crippen molar-refractivity contribution in [2.75, 3.05) is 60.4 Å². The van der Waals surface area contributed by atoms with E-state index >= 15 is 0 Å². The van der Waals surface area contributed by atoms with Gasteiger partial charge in [0.05, 0.1) is 39.0 Å². The van der Waals surface area contributed by atoms with Crippen LogP contribution in [0.2, 0.25) is 5.02 Å². The van der Waals surface area contributed by atoms with Crippen molar-refractivity contribution < 1.29 is 33.3 Å². The SMILES string of the molecule is COc1ccc(COC(=O)CN2CCC(CNC(=O)c3cc(Cl)c(N)[nH]c3=O)C(OC)C2)c(OC)c1OC. The molecule has 1 fully saturated rings. The quantitative estimate of drug-likeness (QED) is 0.349. The Bertz CT molecular complexity index is 1200. The third-order valence-electron chi connectivity index (χ3n) is 6.40. The lowest BCUT2D eigenvalue weighted by Crippen LogP contribution is -2.50. The standard InChI is InChI=1S/C25H33ClN4O8/c1-34-18-6-5-15(21(36-3)22(18)37-4)13-38-20(31)12-30-8-7-14(19(11-30)35-2)10-28-24(32)16-9-17(26)23(27)29-25(16)33/h5-6,9,14,19H,7-8,10-13H2,1-4H3,(H,28,32)(H3,27,29,33). The third-order valence-corrected chi connectivity index (χ3v) is 6.71. The Morgan fingerprint density at radius 1 is 1.16 bits per heavy atom. The molecular formula is C25H33ClN4O8. The normalized spacial score (nSPS) is 17.5. The minimum absolute atomic E-state index is 0.00132. The van der Waals surface area contributed by atoms with Crippen molar-refractivity contribution in [1.29, 1.82) is 0 Å². The Labute approximate surface area is 225 Å². The van der Waals surface area contributed by atoms with E-state index in [4.69, 9.17) is 41.0 Å². The number of ether oxygens (including phenoxy) is 5. The van der Waals surface area contributed by atoms with E-state index in [9.17, 15) is 14.4 Å². The van der Waals surface area contributed by atoms with Gasteiger partial charge in [-0.1, -0.05) is 11.6 Å². The van der Waals surface area contributed by atoms with Gasteiger partial charge in [-0.05, 0) is 31.2 Å². The number of nitrogens with zero attached hydrogens (tertiary/aromatic N) is 1. The van der Waals surface area contributed by atoms with E-state index in [1.807, 2.05) is 4.90 Å². The summed E-state index contributed by atoms with van der Waals surface area (Å²) in [6.07, 6.45) is 0.421. The summed E-state index contributed by atoms with van der Waals surface area (Å²) in [7, 11) is 6.11. The fraction of sp³-hybridized carbons (Fsp3) is 0.480. The maximum atomic E-state index is 12.6. The molecular weight excluding hydrogens is 520 g/mol. The molecule has 4 N–H and O–H groups in total. The number of carbonyl (C=O) groups excluding carboxylic acids is 2. The first kappa shape index (κ1) is 29.1. The maximum Gasteiger partial charge on any atom is 0.320 e. The molecule has 2 atom stereocenters. The number of amides is 1. The zero-order chi connectivity index (χ0) is 27.8. The summed E-state index contributed by atoms with van der Waals surface area (Å²) in [5.74, 6) is 0.391. The first-order valence-corrected chi connectivity index (χ1v) is 12.2. The van der Waals surface area contributed by atoms with Gasteiger partial charge < -0.3 is 39.7 Å². The molecule has 1 aliphatic rings. The van der Waals surface area contributed by atoms with Gasteiger partial charge >= 0.3 is 5.97 Å². The molecule has 208 valence electrons. The molecule has 1 saturated heterocycles. The zero-order valence-electron chi connectivity index (χ0n) is 21.8. The summed E-state index contributed by atoms with van der Waals surface area (Å²) < 4.78 is 27.2. The van der Waals surface area contributed by atoms with Crippen LogP contribution in [-0.2, 0) is 20.9 Å². The van der Waals surface area contributed by atoms with E-state index in [-0.39, 0.29) is 48.1 Å². The molecule has 0 bridgehead atoms. The number of methoxy groups -OCH3 is 4. The average molecular weight is 553 g/mol. The van der Waals surface area contributed by atoms with Gasteiger partial charge in [0.1, 0.15) is 18.0 Å². The average Bonchev–Trinajstić information content (AvgIpc) is 2.92. The molecule has 3 rings (SSSR count). The summed E-state index contributed by atoms with van der Waals surface area (Å²) in [6.45, 7) is 1.44. The van der Waals surface area contributed by atoms with Gasteiger partial charge in [-0.2, -0.15) is 0 Å². The molecule has 38 heavy (non-hydrogen) atoms. The van der Waals surface area contributed by atoms with Crippen LogP contribution in [0.4, 0.5) is 5.82 Å². The second-order valence-corrected chi connectivity index (χ2v) is 9.10. The highest BCUT2D eigenvalue weighted by atomic mass is 35.5. The smallest absolute Gasteiger partial charge is 0.320 e. The van der Waals surface area contributed by atoms with Crippen LogP contribution in [0.1, 0.15) is 22.3 Å². The van der Waals surface area contributed by atoms with E-state index in [1.165, 1.54) is 27.4 Å². The van der Waals surface area contributed by atoms with Crippen LogP contribution in [-0.4, -0.2) is 82.5 Å². The molecule has 13 heteroatoms. The number of hydrogen-bond donors (Lipinski definition) is 3. The van der Waals surface area contributed by atoms with Crippen LogP contribution in [0.25, 0.3) is 0 Å². The van der Waals surface area contributed by atoms with E-state index < -0.39 is 17.4 Å². The van der Waals surface area contributed by atoms with Gasteiger partial charge in [0, 0.05) is 31.7 Å². The number of halogens is 1. The molecule has 2 unspecified atom stereocenters. The van der Waals surface area contributed by atoms with Gasteiger partial charge in [0.2, 0.25) is 5.75 Å². The molecule has 2 heterocycles. The summed E-state index contributed by atoms with van der Waals surface area (Å²) in [4.78, 5) is 41.4. The Balaban J connectivity index is 1.52. The minimum Gasteiger partial charge on any atom is -0.493 e. The lowest BCUT2D eigenvalue weighted by Gasteiger charge is -2.37. The number of esters is 1. The number of aromatic nitrogens is 1. The molecule has 0 radical (unpaired) electrons. The van der Waals surface area contributed by atoms with E-state index in [1.54, 1.807) is 19.2 Å². The molecule has 0 spiro atoms. The topological polar surface area (TPSA) is 154 Å². The Hall–Kier alpha value is -3.48. The maximum absolute atomic E-state index is 12.6. The number of H-pyrrole nitrogens is 1. The Morgan fingerprint density at radius 2 is 1.89 bits per heavy atom. The van der Waals surface area contributed by atoms with Crippen LogP contribution < -0.4 is 30.8 Å². The van der Waals surface area contributed by atoms with Gasteiger partial charge in [0.25, 0.3) is 11.5 Å². The Morgan fingerprint density at radius 3 is 2.55 bits per heavy atom. The molecule has 0 aliphatic carbocycles. The summed E-state index contributed by atoms with van der Waals surface area (Å²) >= 11 is 5.92. The number of nitrogen functional groups attached to an aromatic ring is 1. The highest BCUT2D eigenvalue weighted by Gasteiger charge is 2.31. The zero-order valence-corrected chi connectivity index (χ0v) is 22.6. The van der Waals surface area contributed by atoms with Crippen LogP contribution in [0, 0.1) is 5.92 Å². The number of rotatable bonds is 11. The van der Waals surface area contributed by atoms with Crippen molar-refractivity contribution in [2.45, 2.75) is 19.1 Å². The van der Waals surface area contributed by atoms with Crippen molar-refractivity contribution in [3.05, 3.63) is 44.7 Å². The predicted octanol–water partition coefficient (Wildman–Crippen LogP) is 1.45. The number of piperidine rings is 1. The van der Waals surface area contributed by atoms with Gasteiger partial charge in [0.15, 0.2) is 11.5 Å². The van der Waals surface area contributed by atoms with Gasteiger partial charge in [-0.3, -0.25) is 19.3 Å². The van der Waals surface area contributed by atoms with Crippen molar-refractivity contribution in [3.63, 3.8) is 0 Å². The van der Waals surface area contributed by atoms with Crippen molar-refractivity contribution in [1.82, 2.24) is 15.2 Å². The second-order valence-electron chi connectivity index (χ2n) is 8.70. The van der Waals surface area contributed by atoms with Gasteiger partial charge in [-0.25, -0.2) is 0 Å². The van der Waals surface area contributed by atoms with Crippen molar-refractivity contribution in [3.8, 4) is 17.2 Å². The fourth-order valence-electron chi connectivity index (χ4n) is 4.34. The molecule has 1 aromatic heterocycles. The largest absolute Gasteiger partial charge is 0.493 e. The van der Waals surface area contributed by atoms with Crippen molar-refractivity contribution in [2.24, 2.45) is 5.92 Å². The van der Waals surface area contributed by atoms with Crippen LogP contribution >= 0.6 is 11.6 Å². The first-order chi connectivity index (χ1) is 18.2. The van der Waals surface area contributed by atoms with Crippen LogP contribution in [0.5, 0.6) is 17.2 Å². The van der Waals surface area contributed by atoms with E-state index in [0.717, 1.165) is 0 Å². The first-order valence-electron chi connectivity index (χ1n) is 11.9. The van der Waals surface area contributed by atoms with Crippen LogP contribution in [0.3, 0.4) is 0 Å². The highest BCUT2D eigenvalue weighted by Crippen LogP contribution is 2.40. The fourth-order valence-corrected chi connectivity index (χ4v) is 4.50. The lowest BCUT2D eigenvalue weighted by molar-refractivity contribution is -0.147. The number of likely N-dealkylation sites (tertiary alicyclic amines) is 1. The third kappa shape index (κ3) is 6.88. The molecule has 12 nitrogen and oxygen atoms in total. The summed E-state index contributed by atoms with van der Waals surface area (Å²) in [6, 6.07) is 4.71. The lowest BCUT2D eigenvalue weighted by atomic mass is 9.93. The number of carbonyl (C=O) groups is 2. The molecule has 0 saturated carbocycles. The Kier molecular flexibility index (Phi) is 10.2. The number of aromatic amines is 1. The minimum atomic E-state index is -0.619. The number of anilines is 1.